The molecule has 1 aromatic heterocycles. The van der Waals surface area contributed by atoms with Crippen LogP contribution in [0.3, 0.4) is 0 Å². The third-order valence-electron chi connectivity index (χ3n) is 2.88. The van der Waals surface area contributed by atoms with Gasteiger partial charge in [0.05, 0.1) is 17.6 Å². The van der Waals surface area contributed by atoms with E-state index in [1.54, 1.807) is 18.3 Å². The standard InChI is InChI=1S/C15H18ClN3O2S/c1-10(21-13-6-4-3-5-12(13)16)9-18-15(20)19-11(2)14-17-7-8-22-14/h3-8,10-11H,9H2,1-2H3,(H2,18,19,20)/t10-,11-/m0/s1. The number of hydrogen-bond acceptors (Lipinski definition) is 4. The minimum atomic E-state index is -0.252. The highest BCUT2D eigenvalue weighted by Gasteiger charge is 2.13. The Hall–Kier alpha value is -1.79. The molecular formula is C15H18ClN3O2S. The fourth-order valence-corrected chi connectivity index (χ4v) is 2.62. The molecule has 0 fully saturated rings. The first-order chi connectivity index (χ1) is 10.6. The average Bonchev–Trinajstić information content (AvgIpc) is 3.02. The molecule has 22 heavy (non-hydrogen) atoms. The number of nitrogens with one attached hydrogen (secondary N) is 2. The number of ether oxygens (including phenoxy) is 1. The normalized spacial score (nSPS) is 13.2. The van der Waals surface area contributed by atoms with Crippen LogP contribution < -0.4 is 15.4 Å². The van der Waals surface area contributed by atoms with Crippen molar-refractivity contribution >= 4 is 29.0 Å². The van der Waals surface area contributed by atoms with Crippen molar-refractivity contribution in [3.63, 3.8) is 0 Å². The van der Waals surface area contributed by atoms with Gasteiger partial charge in [-0.1, -0.05) is 23.7 Å². The molecule has 0 unspecified atom stereocenters. The molecule has 1 heterocycles. The third-order valence-corrected chi connectivity index (χ3v) is 4.15. The summed E-state index contributed by atoms with van der Waals surface area (Å²) in [6, 6.07) is 6.87. The van der Waals surface area contributed by atoms with Crippen molar-refractivity contribution < 1.29 is 9.53 Å². The van der Waals surface area contributed by atoms with Crippen LogP contribution in [0.25, 0.3) is 0 Å². The Morgan fingerprint density at radius 3 is 2.86 bits per heavy atom. The Balaban J connectivity index is 1.75. The number of urea groups is 1. The topological polar surface area (TPSA) is 63.2 Å². The van der Waals surface area contributed by atoms with Crippen LogP contribution in [-0.2, 0) is 0 Å². The lowest BCUT2D eigenvalue weighted by atomic mass is 10.3. The van der Waals surface area contributed by atoms with Crippen molar-refractivity contribution in [1.82, 2.24) is 15.6 Å². The quantitative estimate of drug-likeness (QED) is 0.844. The summed E-state index contributed by atoms with van der Waals surface area (Å²) in [6.45, 7) is 4.14. The number of hydrogen-bond donors (Lipinski definition) is 2. The van der Waals surface area contributed by atoms with Crippen molar-refractivity contribution in [1.29, 1.82) is 0 Å². The molecule has 0 aliphatic heterocycles. The van der Waals surface area contributed by atoms with Gasteiger partial charge in [-0.15, -0.1) is 11.3 Å². The summed E-state index contributed by atoms with van der Waals surface area (Å²) in [6.07, 6.45) is 1.52. The Bertz CT molecular complexity index is 607. The predicted octanol–water partition coefficient (Wildman–Crippen LogP) is 3.62. The van der Waals surface area contributed by atoms with E-state index in [1.807, 2.05) is 31.4 Å². The number of para-hydroxylation sites is 1. The van der Waals surface area contributed by atoms with Gasteiger partial charge in [-0.2, -0.15) is 0 Å². The van der Waals surface area contributed by atoms with E-state index >= 15 is 0 Å². The fourth-order valence-electron chi connectivity index (χ4n) is 1.79. The monoisotopic (exact) mass is 339 g/mol. The van der Waals surface area contributed by atoms with Crippen LogP contribution in [0.1, 0.15) is 24.9 Å². The second-order valence-electron chi connectivity index (χ2n) is 4.81. The second-order valence-corrected chi connectivity index (χ2v) is 6.14. The Morgan fingerprint density at radius 2 is 2.18 bits per heavy atom. The molecule has 0 aliphatic rings. The molecule has 2 amide bonds. The van der Waals surface area contributed by atoms with Gasteiger partial charge in [-0.3, -0.25) is 0 Å². The molecule has 0 radical (unpaired) electrons. The van der Waals surface area contributed by atoms with Gasteiger partial charge >= 0.3 is 6.03 Å². The van der Waals surface area contributed by atoms with Gasteiger partial charge in [0.15, 0.2) is 0 Å². The SMILES string of the molecule is C[C@H](NC(=O)NC[C@H](C)Oc1ccccc1Cl)c1nccs1. The van der Waals surface area contributed by atoms with Gasteiger partial charge in [0, 0.05) is 11.6 Å². The number of aromatic nitrogens is 1. The highest BCUT2D eigenvalue weighted by atomic mass is 35.5. The minimum Gasteiger partial charge on any atom is -0.487 e. The first kappa shape index (κ1) is 16.6. The van der Waals surface area contributed by atoms with E-state index in [9.17, 15) is 4.79 Å². The van der Waals surface area contributed by atoms with Crippen LogP contribution in [0, 0.1) is 0 Å². The van der Waals surface area contributed by atoms with E-state index in [1.165, 1.54) is 11.3 Å². The second kappa shape index (κ2) is 8.00. The molecule has 0 saturated heterocycles. The number of carbonyl (C=O) groups is 1. The van der Waals surface area contributed by atoms with Crippen molar-refractivity contribution in [3.05, 3.63) is 45.9 Å². The molecule has 2 N–H and O–H groups in total. The summed E-state index contributed by atoms with van der Waals surface area (Å²) in [5.41, 5.74) is 0. The zero-order valence-electron chi connectivity index (χ0n) is 12.4. The lowest BCUT2D eigenvalue weighted by Crippen LogP contribution is -2.41. The molecule has 2 aromatic rings. The maximum absolute atomic E-state index is 11.8. The van der Waals surface area contributed by atoms with Gasteiger partial charge < -0.3 is 15.4 Å². The molecule has 2 atom stereocenters. The number of halogens is 1. The number of rotatable bonds is 6. The number of thiazole rings is 1. The Labute approximate surface area is 138 Å². The van der Waals surface area contributed by atoms with E-state index in [-0.39, 0.29) is 18.2 Å². The molecule has 7 heteroatoms. The minimum absolute atomic E-state index is 0.125. The molecule has 2 rings (SSSR count). The highest BCUT2D eigenvalue weighted by molar-refractivity contribution is 7.09. The predicted molar refractivity (Wildman–Crippen MR) is 88.6 cm³/mol. The lowest BCUT2D eigenvalue weighted by molar-refractivity contribution is 0.206. The smallest absolute Gasteiger partial charge is 0.315 e. The molecular weight excluding hydrogens is 322 g/mol. The number of amides is 2. The number of benzene rings is 1. The van der Waals surface area contributed by atoms with E-state index in [2.05, 4.69) is 15.6 Å². The van der Waals surface area contributed by atoms with Crippen LogP contribution >= 0.6 is 22.9 Å². The Kier molecular flexibility index (Phi) is 6.03. The molecule has 0 spiro atoms. The summed E-state index contributed by atoms with van der Waals surface area (Å²) >= 11 is 7.53. The summed E-state index contributed by atoms with van der Waals surface area (Å²) < 4.78 is 5.69. The highest BCUT2D eigenvalue weighted by Crippen LogP contribution is 2.24. The van der Waals surface area contributed by atoms with Crippen molar-refractivity contribution in [2.45, 2.75) is 26.0 Å². The van der Waals surface area contributed by atoms with E-state index in [0.717, 1.165) is 5.01 Å². The molecule has 0 bridgehead atoms. The van der Waals surface area contributed by atoms with Gasteiger partial charge in [-0.05, 0) is 26.0 Å². The van der Waals surface area contributed by atoms with Gasteiger partial charge in [-0.25, -0.2) is 9.78 Å². The zero-order chi connectivity index (χ0) is 15.9. The van der Waals surface area contributed by atoms with E-state index in [4.69, 9.17) is 16.3 Å². The van der Waals surface area contributed by atoms with E-state index < -0.39 is 0 Å². The largest absolute Gasteiger partial charge is 0.487 e. The first-order valence-corrected chi connectivity index (χ1v) is 8.17. The number of carbonyl (C=O) groups excluding carboxylic acids is 1. The summed E-state index contributed by atoms with van der Waals surface area (Å²) in [4.78, 5) is 16.0. The maximum Gasteiger partial charge on any atom is 0.315 e. The van der Waals surface area contributed by atoms with Gasteiger partial charge in [0.1, 0.15) is 16.9 Å². The molecule has 0 saturated carbocycles. The molecule has 5 nitrogen and oxygen atoms in total. The fraction of sp³-hybridized carbons (Fsp3) is 0.333. The molecule has 1 aromatic carbocycles. The summed E-state index contributed by atoms with van der Waals surface area (Å²) in [5.74, 6) is 0.607. The van der Waals surface area contributed by atoms with Crippen molar-refractivity contribution in [2.75, 3.05) is 6.54 Å². The number of nitrogens with zero attached hydrogens (tertiary/aromatic N) is 1. The van der Waals surface area contributed by atoms with Crippen LogP contribution in [0.2, 0.25) is 5.02 Å². The van der Waals surface area contributed by atoms with Crippen molar-refractivity contribution in [2.24, 2.45) is 0 Å². The molecule has 0 aliphatic carbocycles. The van der Waals surface area contributed by atoms with Crippen LogP contribution in [0.5, 0.6) is 5.75 Å². The lowest BCUT2D eigenvalue weighted by Gasteiger charge is -2.17. The third kappa shape index (κ3) is 4.89. The molecule has 118 valence electrons. The first-order valence-electron chi connectivity index (χ1n) is 6.91. The van der Waals surface area contributed by atoms with Gasteiger partial charge in [0.2, 0.25) is 0 Å². The summed E-state index contributed by atoms with van der Waals surface area (Å²) in [5, 5.41) is 8.91. The summed E-state index contributed by atoms with van der Waals surface area (Å²) in [7, 11) is 0. The van der Waals surface area contributed by atoms with Gasteiger partial charge in [0.25, 0.3) is 0 Å². The van der Waals surface area contributed by atoms with E-state index in [0.29, 0.717) is 17.3 Å². The zero-order valence-corrected chi connectivity index (χ0v) is 13.9. The Morgan fingerprint density at radius 1 is 1.41 bits per heavy atom. The average molecular weight is 340 g/mol. The van der Waals surface area contributed by atoms with Crippen LogP contribution in [0.4, 0.5) is 4.79 Å². The van der Waals surface area contributed by atoms with Crippen LogP contribution in [0.15, 0.2) is 35.8 Å². The maximum atomic E-state index is 11.8. The van der Waals surface area contributed by atoms with Crippen molar-refractivity contribution in [3.8, 4) is 5.75 Å². The van der Waals surface area contributed by atoms with Crippen LogP contribution in [-0.4, -0.2) is 23.7 Å².